The second kappa shape index (κ2) is 7.28. The molecule has 25 heavy (non-hydrogen) atoms. The van der Waals surface area contributed by atoms with Crippen LogP contribution in [-0.2, 0) is 20.4 Å². The number of aliphatic carboxylic acids is 1. The van der Waals surface area contributed by atoms with Crippen molar-refractivity contribution in [1.29, 1.82) is 0 Å². The Morgan fingerprint density at radius 1 is 0.960 bits per heavy atom. The molecule has 2 aromatic carbocycles. The van der Waals surface area contributed by atoms with Crippen molar-refractivity contribution in [3.63, 3.8) is 0 Å². The van der Waals surface area contributed by atoms with Gasteiger partial charge in [0.2, 0.25) is 5.91 Å². The molecule has 0 saturated carbocycles. The minimum Gasteiger partial charge on any atom is -0.481 e. The van der Waals surface area contributed by atoms with E-state index in [4.69, 9.17) is 11.6 Å². The van der Waals surface area contributed by atoms with Gasteiger partial charge in [0.1, 0.15) is 5.41 Å². The molecular formula is C20H22ClNO3. The molecule has 0 spiro atoms. The molecule has 0 aliphatic heterocycles. The number of amides is 1. The van der Waals surface area contributed by atoms with E-state index in [9.17, 15) is 14.7 Å². The van der Waals surface area contributed by atoms with Crippen molar-refractivity contribution in [3.8, 4) is 0 Å². The molecule has 2 rings (SSSR count). The molecule has 1 amide bonds. The number of rotatable bonds is 6. The average molecular weight is 360 g/mol. The van der Waals surface area contributed by atoms with Gasteiger partial charge in [0.25, 0.3) is 0 Å². The summed E-state index contributed by atoms with van der Waals surface area (Å²) >= 11 is 5.90. The van der Waals surface area contributed by atoms with Gasteiger partial charge in [-0.2, -0.15) is 0 Å². The molecule has 1 atom stereocenters. The number of halogens is 1. The van der Waals surface area contributed by atoms with E-state index in [1.54, 1.807) is 69.3 Å². The summed E-state index contributed by atoms with van der Waals surface area (Å²) in [6.45, 7) is 5.21. The van der Waals surface area contributed by atoms with Crippen LogP contribution in [0, 0.1) is 0 Å². The van der Waals surface area contributed by atoms with Crippen LogP contribution < -0.4 is 5.32 Å². The molecular weight excluding hydrogens is 338 g/mol. The van der Waals surface area contributed by atoms with Gasteiger partial charge in [0.15, 0.2) is 0 Å². The maximum atomic E-state index is 12.7. The lowest BCUT2D eigenvalue weighted by molar-refractivity contribution is -0.143. The Kier molecular flexibility index (Phi) is 5.53. The van der Waals surface area contributed by atoms with E-state index in [-0.39, 0.29) is 12.5 Å². The van der Waals surface area contributed by atoms with E-state index >= 15 is 0 Å². The Labute approximate surface area is 152 Å². The number of hydrogen-bond donors (Lipinski definition) is 2. The van der Waals surface area contributed by atoms with Gasteiger partial charge in [0, 0.05) is 11.6 Å². The lowest BCUT2D eigenvalue weighted by atomic mass is 9.80. The fourth-order valence-corrected chi connectivity index (χ4v) is 2.71. The molecule has 5 heteroatoms. The molecule has 2 N–H and O–H groups in total. The van der Waals surface area contributed by atoms with Crippen LogP contribution in [0.2, 0.25) is 5.02 Å². The maximum Gasteiger partial charge on any atom is 0.315 e. The van der Waals surface area contributed by atoms with Gasteiger partial charge in [-0.1, -0.05) is 54.1 Å². The maximum absolute atomic E-state index is 12.7. The highest BCUT2D eigenvalue weighted by atomic mass is 35.5. The number of hydrogen-bond acceptors (Lipinski definition) is 2. The molecule has 1 unspecified atom stereocenters. The van der Waals surface area contributed by atoms with E-state index in [1.807, 2.05) is 6.07 Å². The van der Waals surface area contributed by atoms with Crippen LogP contribution >= 0.6 is 11.6 Å². The van der Waals surface area contributed by atoms with Gasteiger partial charge in [-0.05, 0) is 44.0 Å². The predicted molar refractivity (Wildman–Crippen MR) is 98.9 cm³/mol. The third-order valence-electron chi connectivity index (χ3n) is 4.62. The second-order valence-electron chi connectivity index (χ2n) is 6.82. The van der Waals surface area contributed by atoms with Gasteiger partial charge in [-0.25, -0.2) is 0 Å². The SMILES string of the molecule is CC(C)(C(=O)NCC(C)(C(=O)O)c1ccccc1)c1ccc(Cl)cc1. The fraction of sp³-hybridized carbons (Fsp3) is 0.300. The highest BCUT2D eigenvalue weighted by Crippen LogP contribution is 2.27. The summed E-state index contributed by atoms with van der Waals surface area (Å²) in [6.07, 6.45) is 0. The third-order valence-corrected chi connectivity index (χ3v) is 4.87. The third kappa shape index (κ3) is 4.02. The van der Waals surface area contributed by atoms with Crippen molar-refractivity contribution < 1.29 is 14.7 Å². The average Bonchev–Trinajstić information content (AvgIpc) is 2.60. The second-order valence-corrected chi connectivity index (χ2v) is 7.25. The summed E-state index contributed by atoms with van der Waals surface area (Å²) in [7, 11) is 0. The predicted octanol–water partition coefficient (Wildman–Crippen LogP) is 3.78. The smallest absolute Gasteiger partial charge is 0.315 e. The molecule has 2 aromatic rings. The Hall–Kier alpha value is -2.33. The topological polar surface area (TPSA) is 66.4 Å². The van der Waals surface area contributed by atoms with Crippen molar-refractivity contribution in [2.45, 2.75) is 31.6 Å². The summed E-state index contributed by atoms with van der Waals surface area (Å²) in [4.78, 5) is 24.5. The summed E-state index contributed by atoms with van der Waals surface area (Å²) in [5, 5.41) is 13.1. The largest absolute Gasteiger partial charge is 0.481 e. The standard InChI is InChI=1S/C20H22ClNO3/c1-19(2,14-9-11-16(21)12-10-14)17(23)22-13-20(3,18(24)25)15-7-5-4-6-8-15/h4-12H,13H2,1-3H3,(H,22,23)(H,24,25). The molecule has 0 fully saturated rings. The van der Waals surface area contributed by atoms with Crippen LogP contribution in [-0.4, -0.2) is 23.5 Å². The molecule has 0 saturated heterocycles. The molecule has 0 aliphatic rings. The molecule has 0 radical (unpaired) electrons. The van der Waals surface area contributed by atoms with Gasteiger partial charge in [-0.15, -0.1) is 0 Å². The summed E-state index contributed by atoms with van der Waals surface area (Å²) in [5.41, 5.74) is -0.550. The van der Waals surface area contributed by atoms with Crippen molar-refractivity contribution in [2.75, 3.05) is 6.54 Å². The highest BCUT2D eigenvalue weighted by molar-refractivity contribution is 6.30. The molecule has 0 heterocycles. The zero-order valence-corrected chi connectivity index (χ0v) is 15.3. The van der Waals surface area contributed by atoms with E-state index in [1.165, 1.54) is 0 Å². The Morgan fingerprint density at radius 2 is 1.52 bits per heavy atom. The van der Waals surface area contributed by atoms with Crippen molar-refractivity contribution in [1.82, 2.24) is 5.32 Å². The molecule has 0 aliphatic carbocycles. The molecule has 4 nitrogen and oxygen atoms in total. The van der Waals surface area contributed by atoms with Gasteiger partial charge >= 0.3 is 5.97 Å². The molecule has 0 bridgehead atoms. The lowest BCUT2D eigenvalue weighted by Crippen LogP contribution is -2.48. The van der Waals surface area contributed by atoms with E-state index in [0.29, 0.717) is 10.6 Å². The Balaban J connectivity index is 2.19. The number of carboxylic acids is 1. The minimum absolute atomic E-state index is 0.00218. The van der Waals surface area contributed by atoms with Crippen LogP contribution in [0.3, 0.4) is 0 Å². The first kappa shape index (κ1) is 19.0. The van der Waals surface area contributed by atoms with Gasteiger partial charge in [-0.3, -0.25) is 9.59 Å². The summed E-state index contributed by atoms with van der Waals surface area (Å²) < 4.78 is 0. The number of carbonyl (C=O) groups excluding carboxylic acids is 1. The van der Waals surface area contributed by atoms with Gasteiger partial charge < -0.3 is 10.4 Å². The number of carbonyl (C=O) groups is 2. The highest BCUT2D eigenvalue weighted by Gasteiger charge is 2.37. The monoisotopic (exact) mass is 359 g/mol. The zero-order valence-electron chi connectivity index (χ0n) is 14.5. The van der Waals surface area contributed by atoms with E-state index in [2.05, 4.69) is 5.32 Å². The Bertz CT molecular complexity index is 756. The van der Waals surface area contributed by atoms with Crippen molar-refractivity contribution >= 4 is 23.5 Å². The quantitative estimate of drug-likeness (QED) is 0.824. The van der Waals surface area contributed by atoms with Crippen LogP contribution in [0.15, 0.2) is 54.6 Å². The normalized spacial score (nSPS) is 13.8. The van der Waals surface area contributed by atoms with Crippen molar-refractivity contribution in [3.05, 3.63) is 70.7 Å². The fourth-order valence-electron chi connectivity index (χ4n) is 2.58. The number of benzene rings is 2. The van der Waals surface area contributed by atoms with Crippen LogP contribution in [0.4, 0.5) is 0 Å². The molecule has 132 valence electrons. The van der Waals surface area contributed by atoms with Crippen LogP contribution in [0.1, 0.15) is 31.9 Å². The first-order chi connectivity index (χ1) is 11.7. The van der Waals surface area contributed by atoms with Crippen LogP contribution in [0.5, 0.6) is 0 Å². The Morgan fingerprint density at radius 3 is 2.04 bits per heavy atom. The number of nitrogens with one attached hydrogen (secondary N) is 1. The number of carboxylic acid groups (broad SMARTS) is 1. The summed E-state index contributed by atoms with van der Waals surface area (Å²) in [5.74, 6) is -1.22. The van der Waals surface area contributed by atoms with E-state index < -0.39 is 16.8 Å². The van der Waals surface area contributed by atoms with Gasteiger partial charge in [0.05, 0.1) is 5.41 Å². The minimum atomic E-state index is -1.20. The van der Waals surface area contributed by atoms with E-state index in [0.717, 1.165) is 5.56 Å². The lowest BCUT2D eigenvalue weighted by Gasteiger charge is -2.29. The molecule has 0 aromatic heterocycles. The zero-order chi connectivity index (χ0) is 18.7. The van der Waals surface area contributed by atoms with Crippen molar-refractivity contribution in [2.24, 2.45) is 0 Å². The first-order valence-corrected chi connectivity index (χ1v) is 8.39. The first-order valence-electron chi connectivity index (χ1n) is 8.01. The summed E-state index contributed by atoms with van der Waals surface area (Å²) in [6, 6.07) is 16.0. The van der Waals surface area contributed by atoms with Crippen LogP contribution in [0.25, 0.3) is 0 Å².